The lowest BCUT2D eigenvalue weighted by Gasteiger charge is -2.12. The summed E-state index contributed by atoms with van der Waals surface area (Å²) in [6.07, 6.45) is 1.19. The largest absolute Gasteiger partial charge is 0.333 e. The lowest BCUT2D eigenvalue weighted by molar-refractivity contribution is -0.197. The molecule has 5 nitrogen and oxygen atoms in total. The second-order valence-corrected chi connectivity index (χ2v) is 3.98. The Kier molecular flexibility index (Phi) is 3.82. The Labute approximate surface area is 88.3 Å². The average Bonchev–Trinajstić information content (AvgIpc) is 2.46. The van der Waals surface area contributed by atoms with Crippen molar-refractivity contribution < 1.29 is 19.2 Å². The van der Waals surface area contributed by atoms with E-state index in [0.29, 0.717) is 17.4 Å². The molecule has 1 aliphatic heterocycles. The summed E-state index contributed by atoms with van der Waals surface area (Å²) in [5.74, 6) is -0.995. The fourth-order valence-electron chi connectivity index (χ4n) is 1.21. The molecule has 0 aromatic heterocycles. The zero-order chi connectivity index (χ0) is 11.4. The first-order valence-electron chi connectivity index (χ1n) is 5.07. The minimum absolute atomic E-state index is 0.135. The van der Waals surface area contributed by atoms with E-state index in [1.807, 2.05) is 13.8 Å². The number of carbonyl (C=O) groups is 3. The number of imide groups is 1. The van der Waals surface area contributed by atoms with Gasteiger partial charge in [-0.15, -0.1) is 5.06 Å². The molecular weight excluding hydrogens is 198 g/mol. The van der Waals surface area contributed by atoms with Crippen LogP contribution in [-0.4, -0.2) is 22.8 Å². The number of hydrogen-bond donors (Lipinski definition) is 0. The molecule has 0 bridgehead atoms. The summed E-state index contributed by atoms with van der Waals surface area (Å²) in [4.78, 5) is 38.1. The minimum atomic E-state index is -0.521. The molecule has 1 fully saturated rings. The molecule has 0 spiro atoms. The van der Waals surface area contributed by atoms with Gasteiger partial charge in [0.05, 0.1) is 0 Å². The van der Waals surface area contributed by atoms with E-state index in [1.54, 1.807) is 0 Å². The predicted molar refractivity (Wildman–Crippen MR) is 51.3 cm³/mol. The molecular formula is C10H15NO4. The van der Waals surface area contributed by atoms with Gasteiger partial charge in [-0.25, -0.2) is 4.79 Å². The van der Waals surface area contributed by atoms with Gasteiger partial charge in [0.2, 0.25) is 0 Å². The van der Waals surface area contributed by atoms with Crippen molar-refractivity contribution in [2.45, 2.75) is 39.5 Å². The molecule has 0 aromatic rings. The fourth-order valence-corrected chi connectivity index (χ4v) is 1.21. The minimum Gasteiger partial charge on any atom is -0.330 e. The molecule has 0 aromatic carbocycles. The first kappa shape index (κ1) is 11.7. The molecule has 2 amide bonds. The molecule has 0 aliphatic carbocycles. The molecule has 1 heterocycles. The molecule has 1 aliphatic rings. The number of carbonyl (C=O) groups excluding carboxylic acids is 3. The summed E-state index contributed by atoms with van der Waals surface area (Å²) >= 11 is 0. The maximum Gasteiger partial charge on any atom is 0.333 e. The van der Waals surface area contributed by atoms with Crippen LogP contribution in [0.25, 0.3) is 0 Å². The van der Waals surface area contributed by atoms with E-state index in [0.717, 1.165) is 0 Å². The molecule has 0 unspecified atom stereocenters. The van der Waals surface area contributed by atoms with Crippen molar-refractivity contribution in [3.63, 3.8) is 0 Å². The SMILES string of the molecule is CC(C)CCC(=O)ON1C(=O)CCC1=O. The van der Waals surface area contributed by atoms with Crippen molar-refractivity contribution >= 4 is 17.8 Å². The van der Waals surface area contributed by atoms with Crippen molar-refractivity contribution in [2.24, 2.45) is 5.92 Å². The Hall–Kier alpha value is -1.39. The van der Waals surface area contributed by atoms with Gasteiger partial charge >= 0.3 is 5.97 Å². The average molecular weight is 213 g/mol. The quantitative estimate of drug-likeness (QED) is 0.654. The highest BCUT2D eigenvalue weighted by Crippen LogP contribution is 2.13. The van der Waals surface area contributed by atoms with Crippen LogP contribution in [0.4, 0.5) is 0 Å². The Morgan fingerprint density at radius 1 is 1.33 bits per heavy atom. The van der Waals surface area contributed by atoms with Crippen LogP contribution in [0.2, 0.25) is 0 Å². The lowest BCUT2D eigenvalue weighted by Crippen LogP contribution is -2.32. The van der Waals surface area contributed by atoms with E-state index in [4.69, 9.17) is 0 Å². The van der Waals surface area contributed by atoms with Crippen LogP contribution < -0.4 is 0 Å². The highest BCUT2D eigenvalue weighted by Gasteiger charge is 2.32. The van der Waals surface area contributed by atoms with Gasteiger partial charge in [0.15, 0.2) is 0 Å². The van der Waals surface area contributed by atoms with E-state index in [-0.39, 0.29) is 19.3 Å². The smallest absolute Gasteiger partial charge is 0.330 e. The van der Waals surface area contributed by atoms with Gasteiger partial charge in [-0.3, -0.25) is 9.59 Å². The molecule has 0 atom stereocenters. The van der Waals surface area contributed by atoms with Crippen molar-refractivity contribution in [3.05, 3.63) is 0 Å². The number of hydrogen-bond acceptors (Lipinski definition) is 4. The molecule has 0 saturated carbocycles. The van der Waals surface area contributed by atoms with E-state index in [2.05, 4.69) is 4.84 Å². The number of nitrogens with zero attached hydrogens (tertiary/aromatic N) is 1. The Balaban J connectivity index is 2.37. The maximum atomic E-state index is 11.2. The molecule has 84 valence electrons. The zero-order valence-corrected chi connectivity index (χ0v) is 8.99. The van der Waals surface area contributed by atoms with E-state index in [9.17, 15) is 14.4 Å². The molecule has 5 heteroatoms. The second-order valence-electron chi connectivity index (χ2n) is 3.98. The van der Waals surface area contributed by atoms with E-state index < -0.39 is 17.8 Å². The first-order valence-corrected chi connectivity index (χ1v) is 5.07. The van der Waals surface area contributed by atoms with Gasteiger partial charge in [-0.1, -0.05) is 13.8 Å². The van der Waals surface area contributed by atoms with Gasteiger partial charge < -0.3 is 4.84 Å². The number of amides is 2. The summed E-state index contributed by atoms with van der Waals surface area (Å²) in [5.41, 5.74) is 0. The molecule has 15 heavy (non-hydrogen) atoms. The number of hydroxylamine groups is 2. The van der Waals surface area contributed by atoms with Crippen molar-refractivity contribution in [1.29, 1.82) is 0 Å². The van der Waals surface area contributed by atoms with Gasteiger partial charge in [0.25, 0.3) is 11.8 Å². The number of rotatable bonds is 4. The van der Waals surface area contributed by atoms with E-state index >= 15 is 0 Å². The normalized spacial score (nSPS) is 16.3. The van der Waals surface area contributed by atoms with Crippen molar-refractivity contribution in [2.75, 3.05) is 0 Å². The fraction of sp³-hybridized carbons (Fsp3) is 0.700. The Morgan fingerprint density at radius 3 is 2.33 bits per heavy atom. The van der Waals surface area contributed by atoms with Crippen molar-refractivity contribution in [1.82, 2.24) is 5.06 Å². The van der Waals surface area contributed by atoms with Crippen LogP contribution in [0.15, 0.2) is 0 Å². The highest BCUT2D eigenvalue weighted by atomic mass is 16.7. The first-order chi connectivity index (χ1) is 7.00. The van der Waals surface area contributed by atoms with Crippen LogP contribution in [0.5, 0.6) is 0 Å². The second kappa shape index (κ2) is 4.91. The zero-order valence-electron chi connectivity index (χ0n) is 8.99. The van der Waals surface area contributed by atoms with Gasteiger partial charge in [0, 0.05) is 19.3 Å². The topological polar surface area (TPSA) is 63.7 Å². The van der Waals surface area contributed by atoms with Crippen LogP contribution in [0.1, 0.15) is 39.5 Å². The summed E-state index contributed by atoms with van der Waals surface area (Å²) < 4.78 is 0. The molecule has 1 rings (SSSR count). The van der Waals surface area contributed by atoms with Gasteiger partial charge in [0.1, 0.15) is 0 Å². The van der Waals surface area contributed by atoms with Crippen LogP contribution in [0.3, 0.4) is 0 Å². The monoisotopic (exact) mass is 213 g/mol. The Morgan fingerprint density at radius 2 is 1.87 bits per heavy atom. The maximum absolute atomic E-state index is 11.2. The third-order valence-corrected chi connectivity index (χ3v) is 2.12. The van der Waals surface area contributed by atoms with Crippen LogP contribution >= 0.6 is 0 Å². The molecule has 0 N–H and O–H groups in total. The highest BCUT2D eigenvalue weighted by molar-refractivity contribution is 6.01. The lowest BCUT2D eigenvalue weighted by atomic mass is 10.1. The summed E-state index contributed by atoms with van der Waals surface area (Å²) in [5, 5.41) is 0.586. The molecule has 0 radical (unpaired) electrons. The van der Waals surface area contributed by atoms with Crippen molar-refractivity contribution in [3.8, 4) is 0 Å². The third-order valence-electron chi connectivity index (χ3n) is 2.12. The van der Waals surface area contributed by atoms with Crippen LogP contribution in [-0.2, 0) is 19.2 Å². The van der Waals surface area contributed by atoms with Gasteiger partial charge in [-0.2, -0.15) is 0 Å². The van der Waals surface area contributed by atoms with Gasteiger partial charge in [-0.05, 0) is 12.3 Å². The predicted octanol–water partition coefficient (Wildman–Crippen LogP) is 1.03. The summed E-state index contributed by atoms with van der Waals surface area (Å²) in [6, 6.07) is 0. The third kappa shape index (κ3) is 3.34. The standard InChI is InChI=1S/C10H15NO4/c1-7(2)3-6-10(14)15-11-8(12)4-5-9(11)13/h7H,3-6H2,1-2H3. The Bertz CT molecular complexity index is 269. The molecule has 1 saturated heterocycles. The van der Waals surface area contributed by atoms with Crippen LogP contribution in [0, 0.1) is 5.92 Å². The summed E-state index contributed by atoms with van der Waals surface area (Å²) in [7, 11) is 0. The summed E-state index contributed by atoms with van der Waals surface area (Å²) in [6.45, 7) is 3.97. The van der Waals surface area contributed by atoms with E-state index in [1.165, 1.54) is 0 Å².